The quantitative estimate of drug-likeness (QED) is 0.740. The lowest BCUT2D eigenvalue weighted by molar-refractivity contribution is -0.112. The molecule has 1 aliphatic heterocycles. The average Bonchev–Trinajstić information content (AvgIpc) is 2.33. The zero-order valence-electron chi connectivity index (χ0n) is 8.73. The Labute approximate surface area is 90.1 Å². The van der Waals surface area contributed by atoms with Crippen LogP contribution in [-0.2, 0) is 4.79 Å². The summed E-state index contributed by atoms with van der Waals surface area (Å²) in [4.78, 5) is 13.4. The van der Waals surface area contributed by atoms with E-state index in [1.807, 2.05) is 30.3 Å². The molecule has 1 unspecified atom stereocenters. The first-order valence-electron chi connectivity index (χ1n) is 5.37. The predicted molar refractivity (Wildman–Crippen MR) is 59.7 cm³/mol. The number of carbonyl (C=O) groups excluding carboxylic acids is 1. The van der Waals surface area contributed by atoms with Gasteiger partial charge >= 0.3 is 0 Å². The standard InChI is InChI=1S/C12H16N2O/c15-10-12(11-4-2-1-3-5-11)14-8-6-13-7-9-14/h1-5,10,12-13H,6-9H2. The van der Waals surface area contributed by atoms with Gasteiger partial charge < -0.3 is 10.1 Å². The summed E-state index contributed by atoms with van der Waals surface area (Å²) in [5.74, 6) is 0. The van der Waals surface area contributed by atoms with E-state index in [1.54, 1.807) is 0 Å². The van der Waals surface area contributed by atoms with Gasteiger partial charge in [0.25, 0.3) is 0 Å². The average molecular weight is 204 g/mol. The molecule has 15 heavy (non-hydrogen) atoms. The Morgan fingerprint density at radius 3 is 2.47 bits per heavy atom. The minimum Gasteiger partial charge on any atom is -0.314 e. The Bertz CT molecular complexity index is 307. The van der Waals surface area contributed by atoms with E-state index < -0.39 is 0 Å². The van der Waals surface area contributed by atoms with Crippen molar-refractivity contribution >= 4 is 6.29 Å². The van der Waals surface area contributed by atoms with Gasteiger partial charge in [0.2, 0.25) is 0 Å². The molecular formula is C12H16N2O. The number of rotatable bonds is 3. The predicted octanol–water partition coefficient (Wildman–Crippen LogP) is 0.832. The van der Waals surface area contributed by atoms with Gasteiger partial charge in [0, 0.05) is 26.2 Å². The molecule has 2 rings (SSSR count). The summed E-state index contributed by atoms with van der Waals surface area (Å²) in [6.45, 7) is 3.82. The molecule has 0 bridgehead atoms. The van der Waals surface area contributed by atoms with Crippen LogP contribution in [0.4, 0.5) is 0 Å². The van der Waals surface area contributed by atoms with E-state index in [4.69, 9.17) is 0 Å². The summed E-state index contributed by atoms with van der Waals surface area (Å²) in [6, 6.07) is 9.89. The molecule has 0 radical (unpaired) electrons. The third kappa shape index (κ3) is 2.43. The highest BCUT2D eigenvalue weighted by Crippen LogP contribution is 2.18. The highest BCUT2D eigenvalue weighted by atomic mass is 16.1. The van der Waals surface area contributed by atoms with Crippen LogP contribution in [0.1, 0.15) is 11.6 Å². The van der Waals surface area contributed by atoms with Crippen LogP contribution >= 0.6 is 0 Å². The molecule has 0 amide bonds. The zero-order valence-corrected chi connectivity index (χ0v) is 8.73. The maximum atomic E-state index is 11.1. The Kier molecular flexibility index (Phi) is 3.48. The van der Waals surface area contributed by atoms with Crippen molar-refractivity contribution < 1.29 is 4.79 Å². The zero-order chi connectivity index (χ0) is 10.5. The number of benzene rings is 1. The number of nitrogens with one attached hydrogen (secondary N) is 1. The molecule has 0 saturated carbocycles. The first-order chi connectivity index (χ1) is 7.42. The van der Waals surface area contributed by atoms with E-state index in [0.717, 1.165) is 38.0 Å². The Balaban J connectivity index is 2.12. The fourth-order valence-corrected chi connectivity index (χ4v) is 1.99. The summed E-state index contributed by atoms with van der Waals surface area (Å²) in [7, 11) is 0. The minimum atomic E-state index is -0.0756. The van der Waals surface area contributed by atoms with Crippen LogP contribution in [0.25, 0.3) is 0 Å². The molecule has 0 aliphatic carbocycles. The second-order valence-corrected chi connectivity index (χ2v) is 3.78. The first kappa shape index (κ1) is 10.3. The van der Waals surface area contributed by atoms with Gasteiger partial charge in [-0.25, -0.2) is 0 Å². The largest absolute Gasteiger partial charge is 0.314 e. The molecule has 1 heterocycles. The van der Waals surface area contributed by atoms with Gasteiger partial charge in [0.05, 0.1) is 6.04 Å². The normalized spacial score (nSPS) is 19.7. The number of carbonyl (C=O) groups is 1. The van der Waals surface area contributed by atoms with Crippen molar-refractivity contribution in [2.75, 3.05) is 26.2 Å². The van der Waals surface area contributed by atoms with Gasteiger partial charge in [0.1, 0.15) is 6.29 Å². The van der Waals surface area contributed by atoms with Gasteiger partial charge in [-0.3, -0.25) is 4.90 Å². The maximum Gasteiger partial charge on any atom is 0.141 e. The smallest absolute Gasteiger partial charge is 0.141 e. The second-order valence-electron chi connectivity index (χ2n) is 3.78. The summed E-state index contributed by atoms with van der Waals surface area (Å²) in [5, 5.41) is 3.29. The van der Waals surface area contributed by atoms with Crippen molar-refractivity contribution in [1.82, 2.24) is 10.2 Å². The van der Waals surface area contributed by atoms with Gasteiger partial charge in [0.15, 0.2) is 0 Å². The van der Waals surface area contributed by atoms with Crippen molar-refractivity contribution in [2.45, 2.75) is 6.04 Å². The monoisotopic (exact) mass is 204 g/mol. The highest BCUT2D eigenvalue weighted by molar-refractivity contribution is 5.61. The molecule has 1 N–H and O–H groups in total. The number of hydrogen-bond donors (Lipinski definition) is 1. The van der Waals surface area contributed by atoms with E-state index >= 15 is 0 Å². The van der Waals surface area contributed by atoms with Crippen molar-refractivity contribution in [2.24, 2.45) is 0 Å². The number of aldehydes is 1. The molecule has 0 aromatic heterocycles. The summed E-state index contributed by atoms with van der Waals surface area (Å²) < 4.78 is 0. The summed E-state index contributed by atoms with van der Waals surface area (Å²) in [5.41, 5.74) is 1.09. The second kappa shape index (κ2) is 5.05. The van der Waals surface area contributed by atoms with E-state index in [9.17, 15) is 4.79 Å². The summed E-state index contributed by atoms with van der Waals surface area (Å²) in [6.07, 6.45) is 1.04. The Morgan fingerprint density at radius 1 is 1.20 bits per heavy atom. The van der Waals surface area contributed by atoms with E-state index in [1.165, 1.54) is 0 Å². The SMILES string of the molecule is O=CC(c1ccccc1)N1CCNCC1. The van der Waals surface area contributed by atoms with Crippen molar-refractivity contribution in [1.29, 1.82) is 0 Å². The van der Waals surface area contributed by atoms with Crippen LogP contribution in [0, 0.1) is 0 Å². The van der Waals surface area contributed by atoms with Crippen LogP contribution in [-0.4, -0.2) is 37.4 Å². The molecule has 1 aromatic rings. The lowest BCUT2D eigenvalue weighted by Crippen LogP contribution is -2.45. The molecule has 0 spiro atoms. The molecule has 1 aliphatic rings. The fraction of sp³-hybridized carbons (Fsp3) is 0.417. The Hall–Kier alpha value is -1.19. The molecule has 1 fully saturated rings. The van der Waals surface area contributed by atoms with Gasteiger partial charge in [-0.1, -0.05) is 30.3 Å². The van der Waals surface area contributed by atoms with E-state index in [2.05, 4.69) is 10.2 Å². The van der Waals surface area contributed by atoms with Crippen LogP contribution < -0.4 is 5.32 Å². The number of piperazine rings is 1. The molecule has 3 heteroatoms. The molecule has 80 valence electrons. The van der Waals surface area contributed by atoms with Gasteiger partial charge in [-0.2, -0.15) is 0 Å². The molecule has 1 aromatic carbocycles. The topological polar surface area (TPSA) is 32.3 Å². The fourth-order valence-electron chi connectivity index (χ4n) is 1.99. The molecular weight excluding hydrogens is 188 g/mol. The van der Waals surface area contributed by atoms with Crippen LogP contribution in [0.5, 0.6) is 0 Å². The molecule has 1 saturated heterocycles. The van der Waals surface area contributed by atoms with Crippen LogP contribution in [0.2, 0.25) is 0 Å². The lowest BCUT2D eigenvalue weighted by atomic mass is 10.1. The van der Waals surface area contributed by atoms with Crippen LogP contribution in [0.3, 0.4) is 0 Å². The van der Waals surface area contributed by atoms with E-state index in [0.29, 0.717) is 0 Å². The first-order valence-corrected chi connectivity index (χ1v) is 5.37. The van der Waals surface area contributed by atoms with Crippen molar-refractivity contribution in [3.63, 3.8) is 0 Å². The van der Waals surface area contributed by atoms with Crippen molar-refractivity contribution in [3.8, 4) is 0 Å². The number of hydrogen-bond acceptors (Lipinski definition) is 3. The maximum absolute atomic E-state index is 11.1. The van der Waals surface area contributed by atoms with Crippen LogP contribution in [0.15, 0.2) is 30.3 Å². The Morgan fingerprint density at radius 2 is 1.87 bits per heavy atom. The van der Waals surface area contributed by atoms with E-state index in [-0.39, 0.29) is 6.04 Å². The van der Waals surface area contributed by atoms with Crippen molar-refractivity contribution in [3.05, 3.63) is 35.9 Å². The minimum absolute atomic E-state index is 0.0756. The lowest BCUT2D eigenvalue weighted by Gasteiger charge is -2.31. The highest BCUT2D eigenvalue weighted by Gasteiger charge is 2.20. The summed E-state index contributed by atoms with van der Waals surface area (Å²) >= 11 is 0. The molecule has 3 nitrogen and oxygen atoms in total. The van der Waals surface area contributed by atoms with Gasteiger partial charge in [-0.15, -0.1) is 0 Å². The third-order valence-corrected chi connectivity index (χ3v) is 2.81. The van der Waals surface area contributed by atoms with Gasteiger partial charge in [-0.05, 0) is 5.56 Å². The molecule has 1 atom stereocenters. The number of nitrogens with zero attached hydrogens (tertiary/aromatic N) is 1. The third-order valence-electron chi connectivity index (χ3n) is 2.81.